The van der Waals surface area contributed by atoms with Gasteiger partial charge in [0.1, 0.15) is 0 Å². The Kier molecular flexibility index (Phi) is 3.79. The van der Waals surface area contributed by atoms with Gasteiger partial charge in [0, 0.05) is 24.8 Å². The van der Waals surface area contributed by atoms with Crippen LogP contribution in [0.5, 0.6) is 0 Å². The van der Waals surface area contributed by atoms with Crippen molar-refractivity contribution in [2.45, 2.75) is 58.0 Å². The average molecular weight is 258 g/mol. The Morgan fingerprint density at radius 2 is 1.95 bits per heavy atom. The van der Waals surface area contributed by atoms with Gasteiger partial charge in [0.15, 0.2) is 0 Å². The Hall–Kier alpha value is -1.02. The fourth-order valence-corrected chi connectivity index (χ4v) is 4.09. The average Bonchev–Trinajstić information content (AvgIpc) is 2.46. The van der Waals surface area contributed by atoms with E-state index in [1.165, 1.54) is 61.9 Å². The monoisotopic (exact) mass is 258 g/mol. The van der Waals surface area contributed by atoms with Crippen molar-refractivity contribution in [1.82, 2.24) is 0 Å². The Morgan fingerprint density at radius 3 is 2.74 bits per heavy atom. The maximum Gasteiger partial charge on any atom is 0.0398 e. The zero-order valence-corrected chi connectivity index (χ0v) is 12.1. The summed E-state index contributed by atoms with van der Waals surface area (Å²) in [5.74, 6) is 0.941. The van der Waals surface area contributed by atoms with E-state index < -0.39 is 0 Å². The van der Waals surface area contributed by atoms with E-state index in [0.29, 0.717) is 6.54 Å². The molecule has 1 saturated heterocycles. The summed E-state index contributed by atoms with van der Waals surface area (Å²) in [6.45, 7) is 4.12. The van der Waals surface area contributed by atoms with E-state index in [9.17, 15) is 0 Å². The predicted octanol–water partition coefficient (Wildman–Crippen LogP) is 3.61. The molecule has 1 saturated carbocycles. The lowest BCUT2D eigenvalue weighted by Crippen LogP contribution is -2.47. The first-order valence-electron chi connectivity index (χ1n) is 7.86. The number of fused-ring (bicyclic) bond motifs is 1. The molecule has 19 heavy (non-hydrogen) atoms. The van der Waals surface area contributed by atoms with Crippen molar-refractivity contribution >= 4 is 5.69 Å². The van der Waals surface area contributed by atoms with Crippen LogP contribution >= 0.6 is 0 Å². The number of piperidine rings is 1. The van der Waals surface area contributed by atoms with E-state index in [0.717, 1.165) is 12.0 Å². The lowest BCUT2D eigenvalue weighted by molar-refractivity contribution is 0.243. The van der Waals surface area contributed by atoms with Crippen molar-refractivity contribution in [3.63, 3.8) is 0 Å². The summed E-state index contributed by atoms with van der Waals surface area (Å²) < 4.78 is 0. The van der Waals surface area contributed by atoms with Gasteiger partial charge in [0.05, 0.1) is 0 Å². The fraction of sp³-hybridized carbons (Fsp3) is 0.647. The van der Waals surface area contributed by atoms with Crippen molar-refractivity contribution in [3.05, 3.63) is 29.3 Å². The van der Waals surface area contributed by atoms with Crippen LogP contribution in [0.3, 0.4) is 0 Å². The summed E-state index contributed by atoms with van der Waals surface area (Å²) in [6.07, 6.45) is 8.50. The molecule has 2 heteroatoms. The van der Waals surface area contributed by atoms with Crippen LogP contribution in [0.2, 0.25) is 0 Å². The maximum atomic E-state index is 5.74. The summed E-state index contributed by atoms with van der Waals surface area (Å²) in [6, 6.07) is 7.57. The van der Waals surface area contributed by atoms with Crippen LogP contribution in [0.4, 0.5) is 5.69 Å². The van der Waals surface area contributed by atoms with E-state index in [4.69, 9.17) is 5.73 Å². The van der Waals surface area contributed by atoms with Gasteiger partial charge in [-0.15, -0.1) is 0 Å². The Balaban J connectivity index is 1.87. The topological polar surface area (TPSA) is 29.3 Å². The second-order valence-electron chi connectivity index (χ2n) is 6.27. The highest BCUT2D eigenvalue weighted by Gasteiger charge is 2.33. The molecule has 104 valence electrons. The second-order valence-corrected chi connectivity index (χ2v) is 6.27. The third-order valence-electron chi connectivity index (χ3n) is 5.05. The molecule has 0 spiro atoms. The van der Waals surface area contributed by atoms with Crippen molar-refractivity contribution in [2.75, 3.05) is 11.4 Å². The van der Waals surface area contributed by atoms with Crippen molar-refractivity contribution in [2.24, 2.45) is 11.7 Å². The number of hydrogen-bond acceptors (Lipinski definition) is 2. The molecule has 1 aromatic carbocycles. The van der Waals surface area contributed by atoms with Gasteiger partial charge >= 0.3 is 0 Å². The van der Waals surface area contributed by atoms with Crippen molar-refractivity contribution in [1.29, 1.82) is 0 Å². The van der Waals surface area contributed by atoms with Gasteiger partial charge in [-0.3, -0.25) is 0 Å². The molecule has 2 atom stereocenters. The molecule has 3 rings (SSSR count). The van der Waals surface area contributed by atoms with Gasteiger partial charge in [-0.25, -0.2) is 0 Å². The lowest BCUT2D eigenvalue weighted by Gasteiger charge is -2.46. The third-order valence-corrected chi connectivity index (χ3v) is 5.05. The zero-order valence-electron chi connectivity index (χ0n) is 12.1. The molecule has 1 aliphatic heterocycles. The molecule has 2 fully saturated rings. The summed E-state index contributed by atoms with van der Waals surface area (Å²) >= 11 is 0. The van der Waals surface area contributed by atoms with Gasteiger partial charge in [0.2, 0.25) is 0 Å². The number of nitrogens with two attached hydrogens (primary N) is 1. The largest absolute Gasteiger partial charge is 0.368 e. The number of benzene rings is 1. The second kappa shape index (κ2) is 5.54. The highest BCUT2D eigenvalue weighted by Crippen LogP contribution is 2.38. The highest BCUT2D eigenvalue weighted by atomic mass is 15.2. The van der Waals surface area contributed by atoms with Crippen LogP contribution in [0.15, 0.2) is 18.2 Å². The van der Waals surface area contributed by atoms with Crippen LogP contribution in [-0.2, 0) is 6.54 Å². The van der Waals surface area contributed by atoms with Gasteiger partial charge in [-0.05, 0) is 55.7 Å². The number of nitrogens with zero attached hydrogens (tertiary/aromatic N) is 1. The first-order chi connectivity index (χ1) is 9.29. The molecule has 2 aliphatic rings. The van der Waals surface area contributed by atoms with Crippen LogP contribution in [0, 0.1) is 12.8 Å². The van der Waals surface area contributed by atoms with E-state index in [1.807, 2.05) is 0 Å². The maximum absolute atomic E-state index is 5.74. The normalized spacial score (nSPS) is 27.2. The Labute approximate surface area is 117 Å². The van der Waals surface area contributed by atoms with E-state index in [2.05, 4.69) is 30.0 Å². The van der Waals surface area contributed by atoms with Gasteiger partial charge in [-0.1, -0.05) is 25.0 Å². The van der Waals surface area contributed by atoms with Gasteiger partial charge in [-0.2, -0.15) is 0 Å². The minimum absolute atomic E-state index is 0.646. The Bertz CT molecular complexity index is 439. The van der Waals surface area contributed by atoms with Crippen LogP contribution in [0.25, 0.3) is 0 Å². The summed E-state index contributed by atoms with van der Waals surface area (Å²) in [7, 11) is 0. The lowest BCUT2D eigenvalue weighted by atomic mass is 9.78. The molecular formula is C17H26N2. The molecule has 0 radical (unpaired) electrons. The quantitative estimate of drug-likeness (QED) is 0.878. The first kappa shape index (κ1) is 13.0. The molecule has 0 aromatic heterocycles. The molecule has 0 amide bonds. The molecule has 2 N–H and O–H groups in total. The van der Waals surface area contributed by atoms with E-state index in [1.54, 1.807) is 0 Å². The molecule has 2 nitrogen and oxygen atoms in total. The highest BCUT2D eigenvalue weighted by molar-refractivity contribution is 5.55. The molecule has 1 aromatic rings. The minimum Gasteiger partial charge on any atom is -0.368 e. The standard InChI is InChI=1S/C17H26N2/c1-13-11-14(12-18)8-9-16(13)19-10-4-6-15-5-2-3-7-17(15)19/h8-9,11,15,17H,2-7,10,12,18H2,1H3/t15-,17-/m1/s1. The third kappa shape index (κ3) is 2.51. The zero-order chi connectivity index (χ0) is 13.2. The molecule has 1 heterocycles. The summed E-state index contributed by atoms with van der Waals surface area (Å²) in [5, 5.41) is 0. The smallest absolute Gasteiger partial charge is 0.0398 e. The van der Waals surface area contributed by atoms with Crippen molar-refractivity contribution in [3.8, 4) is 0 Å². The van der Waals surface area contributed by atoms with Gasteiger partial charge in [0.25, 0.3) is 0 Å². The number of anilines is 1. The van der Waals surface area contributed by atoms with Crippen LogP contribution < -0.4 is 10.6 Å². The minimum atomic E-state index is 0.646. The Morgan fingerprint density at radius 1 is 1.16 bits per heavy atom. The van der Waals surface area contributed by atoms with Gasteiger partial charge < -0.3 is 10.6 Å². The van der Waals surface area contributed by atoms with Crippen LogP contribution in [0.1, 0.15) is 49.7 Å². The number of rotatable bonds is 2. The van der Waals surface area contributed by atoms with Crippen molar-refractivity contribution < 1.29 is 0 Å². The molecule has 0 bridgehead atoms. The summed E-state index contributed by atoms with van der Waals surface area (Å²) in [4.78, 5) is 2.70. The van der Waals surface area contributed by atoms with E-state index in [-0.39, 0.29) is 0 Å². The number of hydrogen-bond donors (Lipinski definition) is 1. The molecule has 0 unspecified atom stereocenters. The SMILES string of the molecule is Cc1cc(CN)ccc1N1CCC[C@H]2CCCC[C@H]21. The molecule has 1 aliphatic carbocycles. The fourth-order valence-electron chi connectivity index (χ4n) is 4.09. The molecular weight excluding hydrogens is 232 g/mol. The first-order valence-corrected chi connectivity index (χ1v) is 7.86. The predicted molar refractivity (Wildman–Crippen MR) is 81.4 cm³/mol. The van der Waals surface area contributed by atoms with Crippen LogP contribution in [-0.4, -0.2) is 12.6 Å². The number of aryl methyl sites for hydroxylation is 1. The summed E-state index contributed by atoms with van der Waals surface area (Å²) in [5.41, 5.74) is 9.84. The van der Waals surface area contributed by atoms with E-state index >= 15 is 0 Å².